The van der Waals surface area contributed by atoms with Crippen LogP contribution in [0.25, 0.3) is 0 Å². The van der Waals surface area contributed by atoms with E-state index in [1.165, 1.54) is 19.2 Å². The van der Waals surface area contributed by atoms with E-state index in [2.05, 4.69) is 5.32 Å². The molecule has 0 saturated carbocycles. The van der Waals surface area contributed by atoms with Crippen molar-refractivity contribution in [1.82, 2.24) is 5.32 Å². The van der Waals surface area contributed by atoms with E-state index in [-0.39, 0.29) is 28.7 Å². The summed E-state index contributed by atoms with van der Waals surface area (Å²) in [6.45, 7) is 5.31. The van der Waals surface area contributed by atoms with E-state index >= 15 is 0 Å². The van der Waals surface area contributed by atoms with E-state index in [9.17, 15) is 18.8 Å². The molecule has 0 fully saturated rings. The highest BCUT2D eigenvalue weighted by Gasteiger charge is 2.47. The van der Waals surface area contributed by atoms with Crippen molar-refractivity contribution < 1.29 is 28.2 Å². The van der Waals surface area contributed by atoms with Gasteiger partial charge in [0.15, 0.2) is 5.78 Å². The van der Waals surface area contributed by atoms with E-state index in [4.69, 9.17) is 21.1 Å². The minimum Gasteiger partial charge on any atom is -0.468 e. The minimum absolute atomic E-state index is 0.0729. The minimum atomic E-state index is -1.00. The Bertz CT molecular complexity index is 984. The van der Waals surface area contributed by atoms with Crippen LogP contribution in [-0.4, -0.2) is 31.4 Å². The molecule has 3 atom stereocenters. The molecule has 1 aromatic carbocycles. The third kappa shape index (κ3) is 3.74. The number of hydrogen-bond donors (Lipinski definition) is 1. The summed E-state index contributed by atoms with van der Waals surface area (Å²) in [5, 5.41) is 3.06. The maximum atomic E-state index is 14.3. The highest BCUT2D eigenvalue weighted by molar-refractivity contribution is 6.30. The zero-order valence-electron chi connectivity index (χ0n) is 17.2. The third-order valence-corrected chi connectivity index (χ3v) is 5.82. The number of carbonyl (C=O) groups is 3. The first kappa shape index (κ1) is 22.0. The molecule has 2 aliphatic rings. The number of Topliss-reactive ketones (excluding diaryl/α,β-unsaturated/α-hetero) is 1. The van der Waals surface area contributed by atoms with Crippen molar-refractivity contribution in [2.45, 2.75) is 33.1 Å². The van der Waals surface area contributed by atoms with Gasteiger partial charge in [0.2, 0.25) is 0 Å². The number of ether oxygens (including phenoxy) is 2. The predicted octanol–water partition coefficient (Wildman–Crippen LogP) is 3.66. The SMILES string of the molecule is CCOC(=O)C1=C(C)NC2=C(C(=O)[C@@H](C(=O)OC)[C@H](C)C2)[C@H]1c1ccc(Cl)c(F)c1. The smallest absolute Gasteiger partial charge is 0.336 e. The summed E-state index contributed by atoms with van der Waals surface area (Å²) in [7, 11) is 1.23. The van der Waals surface area contributed by atoms with Crippen LogP contribution in [0.1, 0.15) is 38.7 Å². The summed E-state index contributed by atoms with van der Waals surface area (Å²) in [5.41, 5.74) is 1.95. The molecule has 8 heteroatoms. The zero-order valence-corrected chi connectivity index (χ0v) is 17.9. The van der Waals surface area contributed by atoms with E-state index in [0.717, 1.165) is 0 Å². The largest absolute Gasteiger partial charge is 0.468 e. The number of hydrogen-bond acceptors (Lipinski definition) is 6. The Morgan fingerprint density at radius 1 is 1.33 bits per heavy atom. The van der Waals surface area contributed by atoms with Crippen molar-refractivity contribution >= 4 is 29.3 Å². The Morgan fingerprint density at radius 2 is 2.03 bits per heavy atom. The topological polar surface area (TPSA) is 81.7 Å². The standard InChI is InChI=1S/C22H23ClFNO5/c1-5-30-22(28)17-11(3)25-15-8-10(2)16(21(27)29-4)20(26)19(15)18(17)12-6-7-13(23)14(24)9-12/h6-7,9-10,16,18,25H,5,8H2,1-4H3/t10-,16+,18+/m1/s1. The number of halogens is 2. The molecule has 6 nitrogen and oxygen atoms in total. The fourth-order valence-electron chi connectivity index (χ4n) is 4.19. The van der Waals surface area contributed by atoms with Crippen molar-refractivity contribution in [3.63, 3.8) is 0 Å². The van der Waals surface area contributed by atoms with Crippen molar-refractivity contribution in [3.8, 4) is 0 Å². The van der Waals surface area contributed by atoms with Crippen LogP contribution in [0.15, 0.2) is 40.7 Å². The number of rotatable bonds is 4. The molecule has 3 rings (SSSR count). The van der Waals surface area contributed by atoms with Crippen LogP contribution < -0.4 is 5.32 Å². The van der Waals surface area contributed by atoms with Gasteiger partial charge >= 0.3 is 11.9 Å². The molecule has 0 spiro atoms. The van der Waals surface area contributed by atoms with E-state index < -0.39 is 35.4 Å². The molecule has 0 aromatic heterocycles. The second-order valence-electron chi connectivity index (χ2n) is 7.43. The molecule has 1 N–H and O–H groups in total. The molecule has 30 heavy (non-hydrogen) atoms. The lowest BCUT2D eigenvalue weighted by molar-refractivity contribution is -0.151. The van der Waals surface area contributed by atoms with Crippen LogP contribution in [-0.2, 0) is 23.9 Å². The molecule has 160 valence electrons. The van der Waals surface area contributed by atoms with Crippen molar-refractivity contribution in [2.75, 3.05) is 13.7 Å². The molecular weight excluding hydrogens is 413 g/mol. The van der Waals surface area contributed by atoms with Gasteiger partial charge in [-0.1, -0.05) is 24.6 Å². The summed E-state index contributed by atoms with van der Waals surface area (Å²) < 4.78 is 24.3. The van der Waals surface area contributed by atoms with E-state index in [1.807, 2.05) is 0 Å². The van der Waals surface area contributed by atoms with Gasteiger partial charge in [-0.15, -0.1) is 0 Å². The maximum absolute atomic E-state index is 14.3. The first-order chi connectivity index (χ1) is 14.2. The van der Waals surface area contributed by atoms with Gasteiger partial charge in [0.1, 0.15) is 11.7 Å². The Labute approximate surface area is 179 Å². The van der Waals surface area contributed by atoms with Gasteiger partial charge in [0, 0.05) is 22.9 Å². The maximum Gasteiger partial charge on any atom is 0.336 e. The van der Waals surface area contributed by atoms with E-state index in [0.29, 0.717) is 23.4 Å². The molecule has 1 heterocycles. The van der Waals surface area contributed by atoms with Crippen LogP contribution in [0.5, 0.6) is 0 Å². The number of dihydropyridines is 1. The van der Waals surface area contributed by atoms with Crippen LogP contribution in [0, 0.1) is 17.7 Å². The van der Waals surface area contributed by atoms with Gasteiger partial charge in [0.05, 0.1) is 24.3 Å². The first-order valence-electron chi connectivity index (χ1n) is 9.66. The van der Waals surface area contributed by atoms with Crippen molar-refractivity contribution in [1.29, 1.82) is 0 Å². The number of carbonyl (C=O) groups excluding carboxylic acids is 3. The van der Waals surface area contributed by atoms with Crippen LogP contribution >= 0.6 is 11.6 Å². The monoisotopic (exact) mass is 435 g/mol. The lowest BCUT2D eigenvalue weighted by atomic mass is 9.69. The Hall–Kier alpha value is -2.67. The Morgan fingerprint density at radius 3 is 2.63 bits per heavy atom. The summed E-state index contributed by atoms with van der Waals surface area (Å²) >= 11 is 5.83. The normalized spacial score (nSPS) is 23.7. The average molecular weight is 436 g/mol. The van der Waals surface area contributed by atoms with Crippen LogP contribution in [0.2, 0.25) is 5.02 Å². The average Bonchev–Trinajstić information content (AvgIpc) is 2.68. The lowest BCUT2D eigenvalue weighted by Crippen LogP contribution is -2.43. The zero-order chi connectivity index (χ0) is 22.2. The second-order valence-corrected chi connectivity index (χ2v) is 7.84. The number of methoxy groups -OCH3 is 1. The quantitative estimate of drug-likeness (QED) is 0.574. The molecule has 0 bridgehead atoms. The van der Waals surface area contributed by atoms with Gasteiger partial charge < -0.3 is 14.8 Å². The highest BCUT2D eigenvalue weighted by atomic mass is 35.5. The van der Waals surface area contributed by atoms with Crippen LogP contribution in [0.3, 0.4) is 0 Å². The van der Waals surface area contributed by atoms with Crippen molar-refractivity contribution in [3.05, 3.63) is 57.1 Å². The molecule has 0 saturated heterocycles. The first-order valence-corrected chi connectivity index (χ1v) is 10.0. The lowest BCUT2D eigenvalue weighted by Gasteiger charge is -2.38. The van der Waals surface area contributed by atoms with Gasteiger partial charge in [-0.25, -0.2) is 9.18 Å². The summed E-state index contributed by atoms with van der Waals surface area (Å²) in [6.07, 6.45) is 0.404. The van der Waals surface area contributed by atoms with Gasteiger partial charge in [-0.3, -0.25) is 9.59 Å². The molecular formula is C22H23ClFNO5. The second kappa shape index (κ2) is 8.60. The van der Waals surface area contributed by atoms with Gasteiger partial charge in [0.25, 0.3) is 0 Å². The highest BCUT2D eigenvalue weighted by Crippen LogP contribution is 2.45. The summed E-state index contributed by atoms with van der Waals surface area (Å²) in [6, 6.07) is 4.14. The number of nitrogens with one attached hydrogen (secondary N) is 1. The molecule has 0 radical (unpaired) electrons. The predicted molar refractivity (Wildman–Crippen MR) is 108 cm³/mol. The molecule has 1 aliphatic heterocycles. The fraction of sp³-hybridized carbons (Fsp3) is 0.409. The number of allylic oxidation sites excluding steroid dienone is 3. The molecule has 1 aromatic rings. The number of ketones is 1. The fourth-order valence-corrected chi connectivity index (χ4v) is 4.30. The molecule has 1 aliphatic carbocycles. The Kier molecular flexibility index (Phi) is 6.31. The van der Waals surface area contributed by atoms with Gasteiger partial charge in [-0.2, -0.15) is 0 Å². The molecule has 0 amide bonds. The summed E-state index contributed by atoms with van der Waals surface area (Å²) in [4.78, 5) is 38.6. The number of esters is 2. The third-order valence-electron chi connectivity index (χ3n) is 5.52. The van der Waals surface area contributed by atoms with Gasteiger partial charge in [-0.05, 0) is 43.9 Å². The Balaban J connectivity index is 2.21. The van der Waals surface area contributed by atoms with Crippen LogP contribution in [0.4, 0.5) is 4.39 Å². The number of benzene rings is 1. The van der Waals surface area contributed by atoms with Crippen molar-refractivity contribution in [2.24, 2.45) is 11.8 Å². The molecule has 0 unspecified atom stereocenters. The van der Waals surface area contributed by atoms with E-state index in [1.54, 1.807) is 26.8 Å². The summed E-state index contributed by atoms with van der Waals surface area (Å²) in [5.74, 6) is -4.55.